The van der Waals surface area contributed by atoms with E-state index in [1.54, 1.807) is 6.07 Å². The van der Waals surface area contributed by atoms with E-state index in [9.17, 15) is 4.79 Å². The maximum atomic E-state index is 12.4. The van der Waals surface area contributed by atoms with Crippen molar-refractivity contribution >= 4 is 17.4 Å². The fourth-order valence-corrected chi connectivity index (χ4v) is 3.61. The molecule has 1 saturated heterocycles. The van der Waals surface area contributed by atoms with Gasteiger partial charge in [-0.2, -0.15) is 5.10 Å². The normalized spacial score (nSPS) is 18.9. The van der Waals surface area contributed by atoms with E-state index in [2.05, 4.69) is 37.4 Å². The third-order valence-electron chi connectivity index (χ3n) is 5.39. The van der Waals surface area contributed by atoms with Gasteiger partial charge in [0.2, 0.25) is 12.7 Å². The second-order valence-corrected chi connectivity index (χ2v) is 7.47. The number of ether oxygens (including phenoxy) is 2. The Bertz CT molecular complexity index is 861. The number of fused-ring (bicyclic) bond motifs is 1. The Labute approximate surface area is 163 Å². The zero-order valence-corrected chi connectivity index (χ0v) is 15.6. The molecule has 2 aliphatic heterocycles. The fourth-order valence-electron chi connectivity index (χ4n) is 3.61. The smallest absolute Gasteiger partial charge is 0.238 e. The van der Waals surface area contributed by atoms with Gasteiger partial charge >= 0.3 is 0 Å². The summed E-state index contributed by atoms with van der Waals surface area (Å²) < 4.78 is 10.6. The number of amides is 1. The molecule has 1 aliphatic carbocycles. The molecule has 0 spiro atoms. The molecule has 1 N–H and O–H groups in total. The number of anilines is 2. The molecule has 5 rings (SSSR count). The topological polar surface area (TPSA) is 79.8 Å². The van der Waals surface area contributed by atoms with Crippen LogP contribution in [0.25, 0.3) is 0 Å². The maximum Gasteiger partial charge on any atom is 0.238 e. The molecule has 8 nitrogen and oxygen atoms in total. The lowest BCUT2D eigenvalue weighted by Gasteiger charge is -2.34. The van der Waals surface area contributed by atoms with E-state index in [1.165, 1.54) is 12.8 Å². The first kappa shape index (κ1) is 17.2. The molecule has 0 radical (unpaired) electrons. The average Bonchev–Trinajstić information content (AvgIpc) is 3.46. The predicted molar refractivity (Wildman–Crippen MR) is 104 cm³/mol. The SMILES string of the molecule is O=C(CN1CCN(c2ccc(C3CC3)nn2)CC1)Nc1ccc2c(c1)OCO2. The number of carbonyl (C=O) groups excluding carboxylic acids is 1. The number of hydrogen-bond donors (Lipinski definition) is 1. The molecule has 8 heteroatoms. The number of hydrogen-bond acceptors (Lipinski definition) is 7. The van der Waals surface area contributed by atoms with Gasteiger partial charge in [0.05, 0.1) is 12.2 Å². The Morgan fingerprint density at radius 2 is 1.86 bits per heavy atom. The van der Waals surface area contributed by atoms with Crippen LogP contribution in [0.2, 0.25) is 0 Å². The molecule has 2 aromatic rings. The number of benzene rings is 1. The summed E-state index contributed by atoms with van der Waals surface area (Å²) in [7, 11) is 0. The van der Waals surface area contributed by atoms with Crippen molar-refractivity contribution in [3.63, 3.8) is 0 Å². The van der Waals surface area contributed by atoms with Gasteiger partial charge in [0.1, 0.15) is 0 Å². The molecule has 146 valence electrons. The number of carbonyl (C=O) groups is 1. The summed E-state index contributed by atoms with van der Waals surface area (Å²) in [5, 5.41) is 11.7. The lowest BCUT2D eigenvalue weighted by Crippen LogP contribution is -2.49. The second-order valence-electron chi connectivity index (χ2n) is 7.47. The third-order valence-corrected chi connectivity index (χ3v) is 5.39. The molecule has 3 aliphatic rings. The van der Waals surface area contributed by atoms with Crippen LogP contribution in [0.1, 0.15) is 24.5 Å². The highest BCUT2D eigenvalue weighted by atomic mass is 16.7. The highest BCUT2D eigenvalue weighted by Crippen LogP contribution is 2.38. The Hall–Kier alpha value is -2.87. The second kappa shape index (κ2) is 7.27. The Balaban J connectivity index is 1.11. The predicted octanol–water partition coefficient (Wildman–Crippen LogP) is 1.84. The fraction of sp³-hybridized carbons (Fsp3) is 0.450. The lowest BCUT2D eigenvalue weighted by atomic mass is 10.2. The van der Waals surface area contributed by atoms with E-state index in [0.717, 1.165) is 43.4 Å². The quantitative estimate of drug-likeness (QED) is 0.847. The zero-order valence-electron chi connectivity index (χ0n) is 15.6. The van der Waals surface area contributed by atoms with Gasteiger partial charge in [-0.1, -0.05) is 0 Å². The third kappa shape index (κ3) is 3.73. The Kier molecular flexibility index (Phi) is 4.48. The van der Waals surface area contributed by atoms with Gasteiger partial charge in [0.15, 0.2) is 17.3 Å². The maximum absolute atomic E-state index is 12.4. The van der Waals surface area contributed by atoms with Gasteiger partial charge < -0.3 is 19.7 Å². The van der Waals surface area contributed by atoms with Crippen LogP contribution in [0.5, 0.6) is 11.5 Å². The molecule has 1 amide bonds. The molecule has 1 saturated carbocycles. The molecule has 3 heterocycles. The summed E-state index contributed by atoms with van der Waals surface area (Å²) in [5.74, 6) is 2.90. The van der Waals surface area contributed by atoms with E-state index in [4.69, 9.17) is 9.47 Å². The van der Waals surface area contributed by atoms with Crippen LogP contribution in [0, 0.1) is 0 Å². The molecular weight excluding hydrogens is 358 g/mol. The average molecular weight is 381 g/mol. The molecule has 1 aromatic carbocycles. The zero-order chi connectivity index (χ0) is 18.9. The van der Waals surface area contributed by atoms with Gasteiger partial charge in [-0.05, 0) is 37.1 Å². The number of nitrogens with one attached hydrogen (secondary N) is 1. The van der Waals surface area contributed by atoms with E-state index >= 15 is 0 Å². The van der Waals surface area contributed by atoms with Gasteiger partial charge in [0.25, 0.3) is 0 Å². The van der Waals surface area contributed by atoms with E-state index in [1.807, 2.05) is 12.1 Å². The van der Waals surface area contributed by atoms with Crippen LogP contribution in [-0.4, -0.2) is 60.5 Å². The summed E-state index contributed by atoms with van der Waals surface area (Å²) in [5.41, 5.74) is 1.83. The summed E-state index contributed by atoms with van der Waals surface area (Å²) in [6, 6.07) is 9.61. The van der Waals surface area contributed by atoms with E-state index in [0.29, 0.717) is 24.0 Å². The van der Waals surface area contributed by atoms with E-state index < -0.39 is 0 Å². The number of rotatable bonds is 5. The minimum atomic E-state index is -0.0270. The molecule has 2 fully saturated rings. The monoisotopic (exact) mass is 381 g/mol. The summed E-state index contributed by atoms with van der Waals surface area (Å²) in [6.07, 6.45) is 2.47. The minimum absolute atomic E-state index is 0.0270. The van der Waals surface area contributed by atoms with Crippen molar-refractivity contribution < 1.29 is 14.3 Å². The summed E-state index contributed by atoms with van der Waals surface area (Å²) in [6.45, 7) is 3.92. The van der Waals surface area contributed by atoms with Crippen molar-refractivity contribution in [2.75, 3.05) is 49.7 Å². The molecule has 0 unspecified atom stereocenters. The largest absolute Gasteiger partial charge is 0.454 e. The first-order valence-corrected chi connectivity index (χ1v) is 9.75. The highest BCUT2D eigenvalue weighted by Gasteiger charge is 2.26. The van der Waals surface area contributed by atoms with Crippen LogP contribution in [0.15, 0.2) is 30.3 Å². The van der Waals surface area contributed by atoms with Crippen molar-refractivity contribution in [2.24, 2.45) is 0 Å². The standard InChI is InChI=1S/C20H23N5O3/c26-20(21-15-3-5-17-18(11-15)28-13-27-17)12-24-7-9-25(10-8-24)19-6-4-16(22-23-19)14-1-2-14/h3-6,11,14H,1-2,7-10,12-13H2,(H,21,26). The number of nitrogens with zero attached hydrogens (tertiary/aromatic N) is 4. The van der Waals surface area contributed by atoms with Crippen LogP contribution >= 0.6 is 0 Å². The first-order valence-electron chi connectivity index (χ1n) is 9.75. The highest BCUT2D eigenvalue weighted by molar-refractivity contribution is 5.92. The molecule has 1 aromatic heterocycles. The van der Waals surface area contributed by atoms with Crippen LogP contribution in [0.3, 0.4) is 0 Å². The molecule has 0 bridgehead atoms. The minimum Gasteiger partial charge on any atom is -0.454 e. The van der Waals surface area contributed by atoms with Crippen LogP contribution < -0.4 is 19.7 Å². The summed E-state index contributed by atoms with van der Waals surface area (Å²) in [4.78, 5) is 16.8. The molecule has 0 atom stereocenters. The van der Waals surface area contributed by atoms with Gasteiger partial charge in [-0.25, -0.2) is 0 Å². The van der Waals surface area contributed by atoms with Crippen molar-refractivity contribution in [3.8, 4) is 11.5 Å². The molecular formula is C20H23N5O3. The Morgan fingerprint density at radius 1 is 1.04 bits per heavy atom. The van der Waals surface area contributed by atoms with Crippen LogP contribution in [-0.2, 0) is 4.79 Å². The summed E-state index contributed by atoms with van der Waals surface area (Å²) >= 11 is 0. The van der Waals surface area contributed by atoms with Crippen molar-refractivity contribution in [1.82, 2.24) is 15.1 Å². The van der Waals surface area contributed by atoms with Crippen molar-refractivity contribution in [1.29, 1.82) is 0 Å². The van der Waals surface area contributed by atoms with Gasteiger partial charge in [0, 0.05) is 43.9 Å². The molecule has 28 heavy (non-hydrogen) atoms. The van der Waals surface area contributed by atoms with Crippen molar-refractivity contribution in [3.05, 3.63) is 36.0 Å². The lowest BCUT2D eigenvalue weighted by molar-refractivity contribution is -0.117. The van der Waals surface area contributed by atoms with Gasteiger partial charge in [-0.15, -0.1) is 5.10 Å². The van der Waals surface area contributed by atoms with Crippen LogP contribution in [0.4, 0.5) is 11.5 Å². The van der Waals surface area contributed by atoms with E-state index in [-0.39, 0.29) is 12.7 Å². The van der Waals surface area contributed by atoms with Gasteiger partial charge in [-0.3, -0.25) is 9.69 Å². The number of piperazine rings is 1. The number of aromatic nitrogens is 2. The first-order chi connectivity index (χ1) is 13.7. The van der Waals surface area contributed by atoms with Crippen molar-refractivity contribution in [2.45, 2.75) is 18.8 Å². The Morgan fingerprint density at radius 3 is 2.61 bits per heavy atom.